The summed E-state index contributed by atoms with van der Waals surface area (Å²) in [6.45, 7) is 6.30. The highest BCUT2D eigenvalue weighted by atomic mass is 32.1. The number of aromatic nitrogens is 5. The van der Waals surface area contributed by atoms with Gasteiger partial charge >= 0.3 is 0 Å². The van der Waals surface area contributed by atoms with Crippen molar-refractivity contribution in [3.05, 3.63) is 47.2 Å². The SMILES string of the molecule is CC(C)(C)n1cc(C(=O)NCc2nnc(-c3ccccc3)s2)nn1. The fourth-order valence-electron chi connectivity index (χ4n) is 1.96. The molecular formula is C16H18N6OS. The van der Waals surface area contributed by atoms with E-state index < -0.39 is 0 Å². The van der Waals surface area contributed by atoms with E-state index in [9.17, 15) is 4.79 Å². The molecule has 1 aromatic carbocycles. The van der Waals surface area contributed by atoms with Gasteiger partial charge in [0, 0.05) is 5.56 Å². The Bertz CT molecular complexity index is 834. The summed E-state index contributed by atoms with van der Waals surface area (Å²) in [6, 6.07) is 9.82. The normalized spacial score (nSPS) is 11.5. The maximum Gasteiger partial charge on any atom is 0.273 e. The van der Waals surface area contributed by atoms with Gasteiger partial charge in [-0.2, -0.15) is 0 Å². The first kappa shape index (κ1) is 16.3. The first-order valence-corrected chi connectivity index (χ1v) is 8.34. The van der Waals surface area contributed by atoms with Gasteiger partial charge in [0.1, 0.15) is 10.0 Å². The molecule has 0 atom stereocenters. The van der Waals surface area contributed by atoms with Gasteiger partial charge in [0.25, 0.3) is 5.91 Å². The Morgan fingerprint density at radius 2 is 1.92 bits per heavy atom. The molecule has 0 bridgehead atoms. The van der Waals surface area contributed by atoms with Crippen LogP contribution in [0.1, 0.15) is 36.3 Å². The molecule has 3 aromatic rings. The molecule has 7 nitrogen and oxygen atoms in total. The Kier molecular flexibility index (Phi) is 4.39. The third kappa shape index (κ3) is 3.65. The van der Waals surface area contributed by atoms with Gasteiger partial charge in [-0.05, 0) is 20.8 Å². The number of nitrogens with zero attached hydrogens (tertiary/aromatic N) is 5. The fraction of sp³-hybridized carbons (Fsp3) is 0.312. The predicted octanol–water partition coefficient (Wildman–Crippen LogP) is 2.48. The monoisotopic (exact) mass is 342 g/mol. The van der Waals surface area contributed by atoms with Crippen molar-refractivity contribution in [1.29, 1.82) is 0 Å². The summed E-state index contributed by atoms with van der Waals surface area (Å²) in [5.74, 6) is -0.276. The molecule has 0 spiro atoms. The van der Waals surface area contributed by atoms with Crippen molar-refractivity contribution in [2.75, 3.05) is 0 Å². The van der Waals surface area contributed by atoms with Crippen molar-refractivity contribution in [3.8, 4) is 10.6 Å². The van der Waals surface area contributed by atoms with Gasteiger partial charge in [0.15, 0.2) is 5.69 Å². The van der Waals surface area contributed by atoms with E-state index in [-0.39, 0.29) is 17.1 Å². The minimum Gasteiger partial charge on any atom is -0.344 e. The van der Waals surface area contributed by atoms with Crippen LogP contribution in [0.4, 0.5) is 0 Å². The molecule has 0 unspecified atom stereocenters. The second-order valence-corrected chi connectivity index (χ2v) is 7.33. The van der Waals surface area contributed by atoms with Crippen LogP contribution in [0.2, 0.25) is 0 Å². The van der Waals surface area contributed by atoms with Gasteiger partial charge < -0.3 is 5.32 Å². The Morgan fingerprint density at radius 1 is 1.17 bits per heavy atom. The Balaban J connectivity index is 1.63. The van der Waals surface area contributed by atoms with Crippen molar-refractivity contribution >= 4 is 17.2 Å². The van der Waals surface area contributed by atoms with E-state index in [0.717, 1.165) is 15.6 Å². The largest absolute Gasteiger partial charge is 0.344 e. The first-order valence-electron chi connectivity index (χ1n) is 7.52. The minimum absolute atomic E-state index is 0.213. The topological polar surface area (TPSA) is 85.6 Å². The molecule has 2 heterocycles. The molecule has 0 saturated carbocycles. The van der Waals surface area contributed by atoms with Crippen molar-refractivity contribution < 1.29 is 4.79 Å². The molecule has 0 aliphatic heterocycles. The summed E-state index contributed by atoms with van der Waals surface area (Å²) in [4.78, 5) is 12.2. The molecule has 1 N–H and O–H groups in total. The average Bonchev–Trinajstić information content (AvgIpc) is 3.22. The van der Waals surface area contributed by atoms with Crippen LogP contribution in [0.25, 0.3) is 10.6 Å². The highest BCUT2D eigenvalue weighted by Crippen LogP contribution is 2.22. The van der Waals surface area contributed by atoms with E-state index in [1.165, 1.54) is 11.3 Å². The fourth-order valence-corrected chi connectivity index (χ4v) is 2.75. The molecule has 8 heteroatoms. The number of nitrogens with one attached hydrogen (secondary N) is 1. The Morgan fingerprint density at radius 3 is 2.58 bits per heavy atom. The standard InChI is InChI=1S/C16H18N6OS/c1-16(2,3)22-10-12(18-21-22)14(23)17-9-13-19-20-15(24-13)11-7-5-4-6-8-11/h4-8,10H,9H2,1-3H3,(H,17,23). The third-order valence-corrected chi connectivity index (χ3v) is 4.27. The molecule has 2 aromatic heterocycles. The summed E-state index contributed by atoms with van der Waals surface area (Å²) in [7, 11) is 0. The maximum atomic E-state index is 12.2. The summed E-state index contributed by atoms with van der Waals surface area (Å²) in [6.07, 6.45) is 1.64. The first-order chi connectivity index (χ1) is 11.4. The van der Waals surface area contributed by atoms with Crippen LogP contribution in [0.15, 0.2) is 36.5 Å². The van der Waals surface area contributed by atoms with E-state index in [2.05, 4.69) is 25.8 Å². The number of benzene rings is 1. The van der Waals surface area contributed by atoms with Gasteiger partial charge in [0.2, 0.25) is 0 Å². The highest BCUT2D eigenvalue weighted by Gasteiger charge is 2.18. The van der Waals surface area contributed by atoms with E-state index in [1.807, 2.05) is 51.1 Å². The third-order valence-electron chi connectivity index (χ3n) is 3.30. The average molecular weight is 342 g/mol. The Labute approximate surface area is 143 Å². The van der Waals surface area contributed by atoms with E-state index in [0.29, 0.717) is 6.54 Å². The molecule has 0 radical (unpaired) electrons. The van der Waals surface area contributed by atoms with Crippen LogP contribution >= 0.6 is 11.3 Å². The minimum atomic E-state index is -0.276. The van der Waals surface area contributed by atoms with Gasteiger partial charge in [-0.1, -0.05) is 46.9 Å². The summed E-state index contributed by atoms with van der Waals surface area (Å²) in [5.41, 5.74) is 1.09. The zero-order valence-corrected chi connectivity index (χ0v) is 14.5. The van der Waals surface area contributed by atoms with Gasteiger partial charge in [-0.3, -0.25) is 4.79 Å². The smallest absolute Gasteiger partial charge is 0.273 e. The van der Waals surface area contributed by atoms with Crippen LogP contribution in [0, 0.1) is 0 Å². The van der Waals surface area contributed by atoms with Crippen molar-refractivity contribution in [1.82, 2.24) is 30.5 Å². The molecule has 3 rings (SSSR count). The van der Waals surface area contributed by atoms with Gasteiger partial charge in [0.05, 0.1) is 18.3 Å². The molecule has 24 heavy (non-hydrogen) atoms. The zero-order valence-electron chi connectivity index (χ0n) is 13.7. The van der Waals surface area contributed by atoms with Crippen LogP contribution < -0.4 is 5.32 Å². The van der Waals surface area contributed by atoms with Crippen LogP contribution in [-0.2, 0) is 12.1 Å². The van der Waals surface area contributed by atoms with E-state index >= 15 is 0 Å². The number of rotatable bonds is 4. The lowest BCUT2D eigenvalue weighted by molar-refractivity contribution is 0.0945. The molecule has 0 saturated heterocycles. The van der Waals surface area contributed by atoms with E-state index in [4.69, 9.17) is 0 Å². The van der Waals surface area contributed by atoms with E-state index in [1.54, 1.807) is 10.9 Å². The molecule has 0 aliphatic carbocycles. The van der Waals surface area contributed by atoms with Crippen molar-refractivity contribution in [2.45, 2.75) is 32.9 Å². The Hall–Kier alpha value is -2.61. The summed E-state index contributed by atoms with van der Waals surface area (Å²) >= 11 is 1.45. The summed E-state index contributed by atoms with van der Waals surface area (Å²) in [5, 5.41) is 20.5. The lowest BCUT2D eigenvalue weighted by Crippen LogP contribution is -2.24. The van der Waals surface area contributed by atoms with Crippen LogP contribution in [0.3, 0.4) is 0 Å². The predicted molar refractivity (Wildman–Crippen MR) is 91.5 cm³/mol. The molecular weight excluding hydrogens is 324 g/mol. The number of carbonyl (C=O) groups excluding carboxylic acids is 1. The van der Waals surface area contributed by atoms with Crippen LogP contribution in [-0.4, -0.2) is 31.1 Å². The second kappa shape index (κ2) is 6.48. The molecule has 0 aliphatic rings. The number of hydrogen-bond acceptors (Lipinski definition) is 6. The van der Waals surface area contributed by atoms with Crippen LogP contribution in [0.5, 0.6) is 0 Å². The zero-order chi connectivity index (χ0) is 17.2. The molecule has 0 fully saturated rings. The highest BCUT2D eigenvalue weighted by molar-refractivity contribution is 7.14. The van der Waals surface area contributed by atoms with Crippen molar-refractivity contribution in [3.63, 3.8) is 0 Å². The molecule has 124 valence electrons. The van der Waals surface area contributed by atoms with Gasteiger partial charge in [-0.15, -0.1) is 15.3 Å². The lowest BCUT2D eigenvalue weighted by atomic mass is 10.1. The number of carbonyl (C=O) groups is 1. The quantitative estimate of drug-likeness (QED) is 0.787. The molecule has 1 amide bonds. The maximum absolute atomic E-state index is 12.2. The number of amides is 1. The number of hydrogen-bond donors (Lipinski definition) is 1. The van der Waals surface area contributed by atoms with Gasteiger partial charge in [-0.25, -0.2) is 4.68 Å². The van der Waals surface area contributed by atoms with Crippen molar-refractivity contribution in [2.24, 2.45) is 0 Å². The second-order valence-electron chi connectivity index (χ2n) is 6.27. The summed E-state index contributed by atoms with van der Waals surface area (Å²) < 4.78 is 1.67. The lowest BCUT2D eigenvalue weighted by Gasteiger charge is -2.17.